The Balaban J connectivity index is 2.70. The topological polar surface area (TPSA) is 90.2 Å². The highest BCUT2D eigenvalue weighted by atomic mass is 16.6. The molecule has 0 bridgehead atoms. The van der Waals surface area contributed by atoms with Gasteiger partial charge in [0.25, 0.3) is 0 Å². The van der Waals surface area contributed by atoms with E-state index in [-0.39, 0.29) is 0 Å². The Morgan fingerprint density at radius 1 is 1.09 bits per heavy atom. The van der Waals surface area contributed by atoms with Crippen molar-refractivity contribution in [2.45, 2.75) is 37.6 Å². The van der Waals surface area contributed by atoms with E-state index in [1.54, 1.807) is 0 Å². The predicted octanol–water partition coefficient (Wildman–Crippen LogP) is -2.19. The highest BCUT2D eigenvalue weighted by Crippen LogP contribution is 2.18. The molecule has 1 aliphatic heterocycles. The van der Waals surface area contributed by atoms with Gasteiger partial charge in [-0.15, -0.1) is 0 Å². The first-order chi connectivity index (χ1) is 5.95. The first-order valence-electron chi connectivity index (χ1n) is 4.33. The summed E-state index contributed by atoms with van der Waals surface area (Å²) in [6, 6.07) is 0. The molecule has 1 heterocycles. The first-order valence-corrected chi connectivity index (χ1v) is 3.17. The molecule has 4 N–H and O–H groups in total. The Morgan fingerprint density at radius 3 is 2.27 bits per heavy atom. The van der Waals surface area contributed by atoms with Crippen molar-refractivity contribution in [1.29, 1.82) is 0 Å². The molecule has 5 heteroatoms. The molecule has 1 unspecified atom stereocenters. The van der Waals surface area contributed by atoms with E-state index in [4.69, 9.17) is 18.1 Å². The van der Waals surface area contributed by atoms with Gasteiger partial charge in [0, 0.05) is 2.74 Å². The van der Waals surface area contributed by atoms with Crippen LogP contribution in [-0.4, -0.2) is 51.1 Å². The van der Waals surface area contributed by atoms with Gasteiger partial charge in [-0.3, -0.25) is 0 Å². The van der Waals surface area contributed by atoms with Crippen LogP contribution in [-0.2, 0) is 4.74 Å². The Bertz CT molecular complexity index is 178. The number of hydrogen-bond donors (Lipinski definition) is 4. The summed E-state index contributed by atoms with van der Waals surface area (Å²) in [7, 11) is 0. The SMILES string of the molecule is [2H][13CH]([2H])[C@H]1OC(O)[C@H](O)[C@@H](O)[C@@H]1O. The Hall–Kier alpha value is -0.200. The van der Waals surface area contributed by atoms with E-state index in [2.05, 4.69) is 4.74 Å². The monoisotopic (exact) mass is 167 g/mol. The van der Waals surface area contributed by atoms with Crippen molar-refractivity contribution in [2.75, 3.05) is 0 Å². The van der Waals surface area contributed by atoms with E-state index in [0.29, 0.717) is 0 Å². The third kappa shape index (κ3) is 1.52. The number of hydrogen-bond acceptors (Lipinski definition) is 5. The lowest BCUT2D eigenvalue weighted by atomic mass is 10.0. The van der Waals surface area contributed by atoms with Crippen molar-refractivity contribution in [3.63, 3.8) is 0 Å². The summed E-state index contributed by atoms with van der Waals surface area (Å²) < 4.78 is 18.4. The van der Waals surface area contributed by atoms with Crippen molar-refractivity contribution in [2.24, 2.45) is 0 Å². The van der Waals surface area contributed by atoms with Gasteiger partial charge in [-0.2, -0.15) is 0 Å². The third-order valence-electron chi connectivity index (χ3n) is 1.63. The third-order valence-corrected chi connectivity index (χ3v) is 1.63. The molecule has 0 saturated carbocycles. The molecule has 1 saturated heterocycles. The molecule has 0 aromatic rings. The lowest BCUT2D eigenvalue weighted by Gasteiger charge is -2.36. The molecule has 0 aromatic heterocycles. The molecule has 0 radical (unpaired) electrons. The highest BCUT2D eigenvalue weighted by molar-refractivity contribution is 4.86. The summed E-state index contributed by atoms with van der Waals surface area (Å²) in [6.45, 7) is -1.54. The minimum absolute atomic E-state index is 1.31. The van der Waals surface area contributed by atoms with Gasteiger partial charge in [0.2, 0.25) is 0 Å². The quantitative estimate of drug-likeness (QED) is 0.308. The number of ether oxygens (including phenoxy) is 1. The van der Waals surface area contributed by atoms with E-state index < -0.39 is 37.6 Å². The fraction of sp³-hybridized carbons (Fsp3) is 1.00. The lowest BCUT2D eigenvalue weighted by molar-refractivity contribution is -0.277. The maximum Gasteiger partial charge on any atom is 0.183 e. The Kier molecular flexibility index (Phi) is 1.75. The molecule has 0 spiro atoms. The summed E-state index contributed by atoms with van der Waals surface area (Å²) in [6.07, 6.45) is -7.70. The zero-order valence-electron chi connectivity index (χ0n) is 7.66. The van der Waals surface area contributed by atoms with Crippen LogP contribution in [0.1, 0.15) is 9.62 Å². The minimum Gasteiger partial charge on any atom is -0.388 e. The summed E-state index contributed by atoms with van der Waals surface area (Å²) >= 11 is 0. The van der Waals surface area contributed by atoms with E-state index in [9.17, 15) is 5.11 Å². The van der Waals surface area contributed by atoms with Crippen LogP contribution >= 0.6 is 0 Å². The molecule has 0 aliphatic carbocycles. The van der Waals surface area contributed by atoms with Gasteiger partial charge >= 0.3 is 0 Å². The van der Waals surface area contributed by atoms with Crippen molar-refractivity contribution in [3.05, 3.63) is 0 Å². The van der Waals surface area contributed by atoms with Gasteiger partial charge < -0.3 is 25.2 Å². The van der Waals surface area contributed by atoms with Crippen LogP contribution in [0.5, 0.6) is 0 Å². The minimum atomic E-state index is -1.67. The fourth-order valence-electron chi connectivity index (χ4n) is 0.887. The fourth-order valence-corrected chi connectivity index (χ4v) is 0.887. The Labute approximate surface area is 66.7 Å². The predicted molar refractivity (Wildman–Crippen MR) is 34.6 cm³/mol. The second-order valence-electron chi connectivity index (χ2n) is 2.46. The second kappa shape index (κ2) is 3.04. The van der Waals surface area contributed by atoms with Gasteiger partial charge in [-0.25, -0.2) is 0 Å². The summed E-state index contributed by atoms with van der Waals surface area (Å²) in [4.78, 5) is 0. The maximum atomic E-state index is 9.21. The molecular formula is C6H12O5. The van der Waals surface area contributed by atoms with E-state index >= 15 is 0 Å². The number of aliphatic hydroxyl groups excluding tert-OH is 4. The van der Waals surface area contributed by atoms with Crippen LogP contribution in [0.25, 0.3) is 0 Å². The molecule has 1 rings (SSSR count). The van der Waals surface area contributed by atoms with E-state index in [0.717, 1.165) is 0 Å². The van der Waals surface area contributed by atoms with Crippen LogP contribution in [0.4, 0.5) is 0 Å². The van der Waals surface area contributed by atoms with Crippen molar-refractivity contribution in [1.82, 2.24) is 0 Å². The number of aliphatic hydroxyl groups is 4. The van der Waals surface area contributed by atoms with Crippen LogP contribution in [0.15, 0.2) is 0 Å². The zero-order chi connectivity index (χ0) is 10.2. The van der Waals surface area contributed by atoms with Crippen LogP contribution < -0.4 is 0 Å². The van der Waals surface area contributed by atoms with E-state index in [1.165, 1.54) is 0 Å². The van der Waals surface area contributed by atoms with Crippen LogP contribution in [0.3, 0.4) is 0 Å². The molecular weight excluding hydrogens is 153 g/mol. The average molecular weight is 167 g/mol. The van der Waals surface area contributed by atoms with Crippen molar-refractivity contribution >= 4 is 0 Å². The first kappa shape index (κ1) is 6.33. The van der Waals surface area contributed by atoms with Crippen LogP contribution in [0.2, 0.25) is 0 Å². The van der Waals surface area contributed by atoms with Gasteiger partial charge in [0.05, 0.1) is 6.10 Å². The van der Waals surface area contributed by atoms with Crippen LogP contribution in [0, 0.1) is 0 Å². The molecule has 0 aromatic carbocycles. The smallest absolute Gasteiger partial charge is 0.183 e. The lowest BCUT2D eigenvalue weighted by Crippen LogP contribution is -2.56. The standard InChI is InChI=1S/C6H12O5/c1-2-3(7)4(8)5(9)6(10)11-2/h2-10H,1H3/t2-,3-,4+,5-,6?/m1/s1/i1+1D2. The Morgan fingerprint density at radius 2 is 1.73 bits per heavy atom. The molecule has 5 nitrogen and oxygen atoms in total. The zero-order valence-corrected chi connectivity index (χ0v) is 5.66. The van der Waals surface area contributed by atoms with Gasteiger partial charge in [0.1, 0.15) is 18.3 Å². The van der Waals surface area contributed by atoms with Gasteiger partial charge in [-0.1, -0.05) is 0 Å². The molecule has 11 heavy (non-hydrogen) atoms. The molecule has 1 aliphatic rings. The van der Waals surface area contributed by atoms with E-state index in [1.807, 2.05) is 0 Å². The largest absolute Gasteiger partial charge is 0.388 e. The molecule has 1 fully saturated rings. The normalized spacial score (nSPS) is 55.5. The maximum absolute atomic E-state index is 9.21. The van der Waals surface area contributed by atoms with Crippen molar-refractivity contribution < 1.29 is 27.9 Å². The highest BCUT2D eigenvalue weighted by Gasteiger charge is 2.40. The second-order valence-corrected chi connectivity index (χ2v) is 2.46. The number of rotatable bonds is 0. The van der Waals surface area contributed by atoms with Gasteiger partial charge in [0.15, 0.2) is 6.29 Å². The molecule has 0 amide bonds. The van der Waals surface area contributed by atoms with Gasteiger partial charge in [-0.05, 0) is 6.88 Å². The molecule has 66 valence electrons. The summed E-state index contributed by atoms with van der Waals surface area (Å²) in [5.41, 5.74) is 0. The summed E-state index contributed by atoms with van der Waals surface area (Å²) in [5.74, 6) is 0. The molecule has 5 atom stereocenters. The summed E-state index contributed by atoms with van der Waals surface area (Å²) in [5, 5.41) is 36.3. The average Bonchev–Trinajstić information content (AvgIpc) is 2.07. The van der Waals surface area contributed by atoms with Crippen molar-refractivity contribution in [3.8, 4) is 0 Å².